The maximum atomic E-state index is 13.2. The molecule has 6 nitrogen and oxygen atoms in total. The molecule has 3 N–H and O–H groups in total. The Morgan fingerprint density at radius 2 is 2.04 bits per heavy atom. The van der Waals surface area contributed by atoms with Crippen LogP contribution in [0.4, 0.5) is 0 Å². The lowest BCUT2D eigenvalue weighted by Gasteiger charge is -2.36. The van der Waals surface area contributed by atoms with E-state index in [-0.39, 0.29) is 23.6 Å². The van der Waals surface area contributed by atoms with E-state index in [2.05, 4.69) is 5.32 Å². The van der Waals surface area contributed by atoms with Gasteiger partial charge in [0.05, 0.1) is 6.26 Å². The zero-order valence-electron chi connectivity index (χ0n) is 15.6. The van der Waals surface area contributed by atoms with Crippen LogP contribution in [0.5, 0.6) is 0 Å². The number of carbonyl (C=O) groups is 2. The number of nitrogens with two attached hydrogens (primary N) is 1. The van der Waals surface area contributed by atoms with E-state index in [4.69, 9.17) is 10.2 Å². The summed E-state index contributed by atoms with van der Waals surface area (Å²) in [6, 6.07) is 12.4. The Hall–Kier alpha value is -2.60. The van der Waals surface area contributed by atoms with Crippen molar-refractivity contribution in [2.24, 2.45) is 11.7 Å². The zero-order chi connectivity index (χ0) is 19.2. The molecule has 0 aliphatic carbocycles. The molecule has 0 saturated carbocycles. The molecule has 1 fully saturated rings. The number of rotatable bonds is 6. The predicted octanol–water partition coefficient (Wildman–Crippen LogP) is 2.21. The Bertz CT molecular complexity index is 743. The minimum atomic E-state index is -0.642. The van der Waals surface area contributed by atoms with Crippen LogP contribution in [-0.2, 0) is 11.2 Å². The summed E-state index contributed by atoms with van der Waals surface area (Å²) in [6.07, 6.45) is 3.85. The lowest BCUT2D eigenvalue weighted by atomic mass is 9.91. The standard InChI is InChI=1S/C21H27N3O3/c1-15(22)17-9-5-11-24(14-17)21(26)18(13-16-7-3-2-4-8-16)23-20(25)19-10-6-12-27-19/h2-4,6-8,10,12,15,17-18H,5,9,11,13-14,22H2,1H3,(H,23,25). The van der Waals surface area contributed by atoms with Gasteiger partial charge in [0, 0.05) is 25.6 Å². The van der Waals surface area contributed by atoms with E-state index in [1.165, 1.54) is 6.26 Å². The molecule has 2 aromatic rings. The van der Waals surface area contributed by atoms with E-state index in [0.717, 1.165) is 18.4 Å². The molecule has 0 spiro atoms. The third kappa shape index (κ3) is 4.98. The number of amides is 2. The van der Waals surface area contributed by atoms with Crippen LogP contribution >= 0.6 is 0 Å². The average molecular weight is 369 g/mol. The van der Waals surface area contributed by atoms with Gasteiger partial charge in [-0.2, -0.15) is 0 Å². The molecule has 3 rings (SSSR count). The topological polar surface area (TPSA) is 88.6 Å². The molecule has 1 aromatic heterocycles. The summed E-state index contributed by atoms with van der Waals surface area (Å²) in [6.45, 7) is 3.32. The van der Waals surface area contributed by atoms with Crippen molar-refractivity contribution < 1.29 is 14.0 Å². The Morgan fingerprint density at radius 3 is 2.70 bits per heavy atom. The Kier molecular flexibility index (Phi) is 6.29. The largest absolute Gasteiger partial charge is 0.459 e. The monoisotopic (exact) mass is 369 g/mol. The molecule has 3 atom stereocenters. The Labute approximate surface area is 159 Å². The SMILES string of the molecule is CC(N)C1CCCN(C(=O)C(Cc2ccccc2)NC(=O)c2ccco2)C1. The predicted molar refractivity (Wildman–Crippen MR) is 103 cm³/mol. The highest BCUT2D eigenvalue weighted by Gasteiger charge is 2.31. The molecule has 2 amide bonds. The summed E-state index contributed by atoms with van der Waals surface area (Å²) in [4.78, 5) is 27.5. The summed E-state index contributed by atoms with van der Waals surface area (Å²) in [7, 11) is 0. The van der Waals surface area contributed by atoms with Crippen LogP contribution in [0.1, 0.15) is 35.9 Å². The zero-order valence-corrected chi connectivity index (χ0v) is 15.6. The van der Waals surface area contributed by atoms with Gasteiger partial charge in [-0.25, -0.2) is 0 Å². The maximum Gasteiger partial charge on any atom is 0.287 e. The molecule has 1 aromatic carbocycles. The molecule has 0 bridgehead atoms. The lowest BCUT2D eigenvalue weighted by Crippen LogP contribution is -2.53. The van der Waals surface area contributed by atoms with Crippen molar-refractivity contribution in [1.82, 2.24) is 10.2 Å². The summed E-state index contributed by atoms with van der Waals surface area (Å²) >= 11 is 0. The van der Waals surface area contributed by atoms with Crippen LogP contribution in [0, 0.1) is 5.92 Å². The smallest absolute Gasteiger partial charge is 0.287 e. The summed E-state index contributed by atoms with van der Waals surface area (Å²) in [5.41, 5.74) is 7.05. The van der Waals surface area contributed by atoms with Crippen LogP contribution in [-0.4, -0.2) is 41.9 Å². The van der Waals surface area contributed by atoms with Crippen LogP contribution in [0.2, 0.25) is 0 Å². The third-order valence-electron chi connectivity index (χ3n) is 5.14. The fourth-order valence-corrected chi connectivity index (χ4v) is 3.55. The number of carbonyl (C=O) groups excluding carboxylic acids is 2. The van der Waals surface area contributed by atoms with E-state index in [1.807, 2.05) is 42.2 Å². The van der Waals surface area contributed by atoms with Gasteiger partial charge in [0.15, 0.2) is 5.76 Å². The Balaban J connectivity index is 1.75. The second-order valence-electron chi connectivity index (χ2n) is 7.24. The van der Waals surface area contributed by atoms with Crippen LogP contribution in [0.15, 0.2) is 53.1 Å². The van der Waals surface area contributed by atoms with Crippen LogP contribution in [0.25, 0.3) is 0 Å². The van der Waals surface area contributed by atoms with E-state index in [1.54, 1.807) is 12.1 Å². The number of hydrogen-bond acceptors (Lipinski definition) is 4. The van der Waals surface area contributed by atoms with Gasteiger partial charge in [-0.15, -0.1) is 0 Å². The van der Waals surface area contributed by atoms with Crippen molar-refractivity contribution >= 4 is 11.8 Å². The highest BCUT2D eigenvalue weighted by atomic mass is 16.3. The maximum absolute atomic E-state index is 13.2. The second-order valence-corrected chi connectivity index (χ2v) is 7.24. The normalized spacial score (nSPS) is 19.3. The Morgan fingerprint density at radius 1 is 1.26 bits per heavy atom. The van der Waals surface area contributed by atoms with Crippen LogP contribution in [0.3, 0.4) is 0 Å². The van der Waals surface area contributed by atoms with Gasteiger partial charge in [0.25, 0.3) is 5.91 Å². The highest BCUT2D eigenvalue weighted by Crippen LogP contribution is 2.20. The molecule has 1 aliphatic heterocycles. The molecule has 2 heterocycles. The number of benzene rings is 1. The molecule has 27 heavy (non-hydrogen) atoms. The average Bonchev–Trinajstić information content (AvgIpc) is 3.23. The van der Waals surface area contributed by atoms with E-state index >= 15 is 0 Å². The minimum Gasteiger partial charge on any atom is -0.459 e. The second kappa shape index (κ2) is 8.86. The quantitative estimate of drug-likeness (QED) is 0.817. The van der Waals surface area contributed by atoms with Crippen molar-refractivity contribution in [3.05, 3.63) is 60.1 Å². The first-order valence-electron chi connectivity index (χ1n) is 9.47. The summed E-state index contributed by atoms with van der Waals surface area (Å²) in [5, 5.41) is 2.85. The van der Waals surface area contributed by atoms with Gasteiger partial charge < -0.3 is 20.4 Å². The molecular formula is C21H27N3O3. The van der Waals surface area contributed by atoms with Crippen LogP contribution < -0.4 is 11.1 Å². The fraction of sp³-hybridized carbons (Fsp3) is 0.429. The highest BCUT2D eigenvalue weighted by molar-refractivity contribution is 5.95. The number of hydrogen-bond donors (Lipinski definition) is 2. The van der Waals surface area contributed by atoms with E-state index in [9.17, 15) is 9.59 Å². The first kappa shape index (κ1) is 19.2. The van der Waals surface area contributed by atoms with Crippen molar-refractivity contribution in [3.8, 4) is 0 Å². The van der Waals surface area contributed by atoms with E-state index < -0.39 is 6.04 Å². The van der Waals surface area contributed by atoms with Gasteiger partial charge in [0.2, 0.25) is 5.91 Å². The van der Waals surface area contributed by atoms with Crippen molar-refractivity contribution in [1.29, 1.82) is 0 Å². The minimum absolute atomic E-state index is 0.0471. The molecular weight excluding hydrogens is 342 g/mol. The first-order chi connectivity index (χ1) is 13.0. The number of furan rings is 1. The van der Waals surface area contributed by atoms with Crippen molar-refractivity contribution in [2.75, 3.05) is 13.1 Å². The molecule has 1 aliphatic rings. The number of nitrogens with one attached hydrogen (secondary N) is 1. The molecule has 144 valence electrons. The first-order valence-corrected chi connectivity index (χ1v) is 9.47. The van der Waals surface area contributed by atoms with Crippen molar-refractivity contribution in [3.63, 3.8) is 0 Å². The van der Waals surface area contributed by atoms with Gasteiger partial charge in [-0.05, 0) is 43.4 Å². The summed E-state index contributed by atoms with van der Waals surface area (Å²) in [5.74, 6) is 0.0490. The molecule has 0 radical (unpaired) electrons. The number of nitrogens with zero attached hydrogens (tertiary/aromatic N) is 1. The fourth-order valence-electron chi connectivity index (χ4n) is 3.55. The molecule has 3 unspecified atom stereocenters. The molecule has 1 saturated heterocycles. The van der Waals surface area contributed by atoms with Gasteiger partial charge >= 0.3 is 0 Å². The number of likely N-dealkylation sites (tertiary alicyclic amines) is 1. The number of piperidine rings is 1. The van der Waals surface area contributed by atoms with Crippen molar-refractivity contribution in [2.45, 2.75) is 38.3 Å². The summed E-state index contributed by atoms with van der Waals surface area (Å²) < 4.78 is 5.17. The molecule has 6 heteroatoms. The van der Waals surface area contributed by atoms with Gasteiger partial charge in [0.1, 0.15) is 6.04 Å². The van der Waals surface area contributed by atoms with Gasteiger partial charge in [-0.1, -0.05) is 30.3 Å². The third-order valence-corrected chi connectivity index (χ3v) is 5.14. The lowest BCUT2D eigenvalue weighted by molar-refractivity contribution is -0.135. The van der Waals surface area contributed by atoms with Gasteiger partial charge in [-0.3, -0.25) is 9.59 Å². The van der Waals surface area contributed by atoms with E-state index in [0.29, 0.717) is 25.4 Å².